The lowest BCUT2D eigenvalue weighted by Gasteiger charge is -2.54. The van der Waals surface area contributed by atoms with Crippen LogP contribution >= 0.6 is 0 Å². The Labute approximate surface area is 155 Å². The highest BCUT2D eigenvalue weighted by Crippen LogP contribution is 2.41. The number of rotatable bonds is 5. The summed E-state index contributed by atoms with van der Waals surface area (Å²) in [5, 5.41) is 0. The van der Waals surface area contributed by atoms with E-state index in [1.807, 2.05) is 17.0 Å². The minimum absolute atomic E-state index is 0.156. The van der Waals surface area contributed by atoms with Crippen molar-refractivity contribution in [3.05, 3.63) is 66.0 Å². The van der Waals surface area contributed by atoms with Gasteiger partial charge in [-0.05, 0) is 63.0 Å². The highest BCUT2D eigenvalue weighted by atomic mass is 16.2. The Kier molecular flexibility index (Phi) is 5.02. The number of nitrogens with zero attached hydrogens (tertiary/aromatic N) is 3. The Balaban J connectivity index is 1.19. The number of pyridine rings is 1. The summed E-state index contributed by atoms with van der Waals surface area (Å²) < 4.78 is 0. The van der Waals surface area contributed by atoms with Crippen molar-refractivity contribution in [1.29, 1.82) is 0 Å². The van der Waals surface area contributed by atoms with Crippen LogP contribution in [-0.2, 0) is 6.42 Å². The van der Waals surface area contributed by atoms with Crippen LogP contribution in [0.5, 0.6) is 0 Å². The van der Waals surface area contributed by atoms with Gasteiger partial charge in [-0.25, -0.2) is 0 Å². The van der Waals surface area contributed by atoms with Crippen molar-refractivity contribution in [1.82, 2.24) is 14.8 Å². The lowest BCUT2D eigenvalue weighted by Crippen LogP contribution is -2.61. The molecule has 0 unspecified atom stereocenters. The summed E-state index contributed by atoms with van der Waals surface area (Å²) in [5.74, 6) is 0.156. The molecule has 0 aliphatic carbocycles. The summed E-state index contributed by atoms with van der Waals surface area (Å²) in [6.07, 6.45) is 8.21. The van der Waals surface area contributed by atoms with Gasteiger partial charge in [0.1, 0.15) is 0 Å². The molecule has 4 rings (SSSR count). The van der Waals surface area contributed by atoms with E-state index in [9.17, 15) is 4.79 Å². The predicted octanol–water partition coefficient (Wildman–Crippen LogP) is 3.25. The van der Waals surface area contributed by atoms with E-state index in [0.717, 1.165) is 25.1 Å². The fourth-order valence-electron chi connectivity index (χ4n) is 4.30. The summed E-state index contributed by atoms with van der Waals surface area (Å²) >= 11 is 0. The molecule has 3 heterocycles. The first-order chi connectivity index (χ1) is 12.7. The Morgan fingerprint density at radius 3 is 2.38 bits per heavy atom. The molecule has 4 nitrogen and oxygen atoms in total. The number of amides is 1. The van der Waals surface area contributed by atoms with E-state index in [1.54, 1.807) is 12.4 Å². The lowest BCUT2D eigenvalue weighted by molar-refractivity contribution is -0.0323. The maximum Gasteiger partial charge on any atom is 0.254 e. The average Bonchev–Trinajstić information content (AvgIpc) is 2.68. The maximum atomic E-state index is 12.5. The molecule has 0 N–H and O–H groups in total. The van der Waals surface area contributed by atoms with Crippen LogP contribution < -0.4 is 0 Å². The van der Waals surface area contributed by atoms with Crippen molar-refractivity contribution in [2.24, 2.45) is 5.41 Å². The molecule has 1 aromatic carbocycles. The Bertz CT molecular complexity index is 716. The summed E-state index contributed by atoms with van der Waals surface area (Å²) in [5.41, 5.74) is 2.57. The van der Waals surface area contributed by atoms with Gasteiger partial charge >= 0.3 is 0 Å². The van der Waals surface area contributed by atoms with E-state index < -0.39 is 0 Å². The summed E-state index contributed by atoms with van der Waals surface area (Å²) in [6.45, 7) is 5.38. The average molecular weight is 349 g/mol. The van der Waals surface area contributed by atoms with Crippen molar-refractivity contribution < 1.29 is 4.79 Å². The van der Waals surface area contributed by atoms with Crippen LogP contribution in [0.3, 0.4) is 0 Å². The number of benzene rings is 1. The largest absolute Gasteiger partial charge is 0.337 e. The summed E-state index contributed by atoms with van der Waals surface area (Å²) in [7, 11) is 0. The molecule has 26 heavy (non-hydrogen) atoms. The van der Waals surface area contributed by atoms with E-state index in [1.165, 1.54) is 44.5 Å². The van der Waals surface area contributed by atoms with Gasteiger partial charge in [0.05, 0.1) is 0 Å². The SMILES string of the molecule is O=C(c1ccncc1)N1CC2(CCN(CCCc3ccccc3)CC2)C1. The molecule has 0 radical (unpaired) electrons. The van der Waals surface area contributed by atoms with Crippen molar-refractivity contribution in [3.63, 3.8) is 0 Å². The van der Waals surface area contributed by atoms with Gasteiger partial charge in [-0.15, -0.1) is 0 Å². The van der Waals surface area contributed by atoms with Crippen LogP contribution in [0.15, 0.2) is 54.9 Å². The monoisotopic (exact) mass is 349 g/mol. The van der Waals surface area contributed by atoms with Gasteiger partial charge in [0, 0.05) is 36.5 Å². The topological polar surface area (TPSA) is 36.4 Å². The highest BCUT2D eigenvalue weighted by Gasteiger charge is 2.46. The van der Waals surface area contributed by atoms with Gasteiger partial charge in [-0.3, -0.25) is 9.78 Å². The number of aromatic nitrogens is 1. The number of carbonyl (C=O) groups excluding carboxylic acids is 1. The van der Waals surface area contributed by atoms with Crippen LogP contribution in [0.2, 0.25) is 0 Å². The van der Waals surface area contributed by atoms with E-state index in [0.29, 0.717) is 5.41 Å². The van der Waals surface area contributed by atoms with Crippen LogP contribution in [0, 0.1) is 5.41 Å². The molecule has 2 fully saturated rings. The van der Waals surface area contributed by atoms with E-state index in [2.05, 4.69) is 40.2 Å². The van der Waals surface area contributed by atoms with Crippen molar-refractivity contribution >= 4 is 5.91 Å². The molecule has 2 aliphatic heterocycles. The number of aryl methyl sites for hydroxylation is 1. The first-order valence-electron chi connectivity index (χ1n) is 9.70. The Morgan fingerprint density at radius 2 is 1.69 bits per heavy atom. The molecular weight excluding hydrogens is 322 g/mol. The lowest BCUT2D eigenvalue weighted by atomic mass is 9.71. The van der Waals surface area contributed by atoms with Gasteiger partial charge in [0.2, 0.25) is 0 Å². The molecule has 1 aromatic heterocycles. The third-order valence-electron chi connectivity index (χ3n) is 5.97. The Morgan fingerprint density at radius 1 is 1.00 bits per heavy atom. The molecule has 0 atom stereocenters. The number of hydrogen-bond acceptors (Lipinski definition) is 3. The van der Waals surface area contributed by atoms with Gasteiger partial charge in [-0.1, -0.05) is 30.3 Å². The zero-order chi connectivity index (χ0) is 17.8. The number of piperidine rings is 1. The first-order valence-corrected chi connectivity index (χ1v) is 9.70. The van der Waals surface area contributed by atoms with Crippen LogP contribution in [0.1, 0.15) is 35.2 Å². The Hall–Kier alpha value is -2.20. The fraction of sp³-hybridized carbons (Fsp3) is 0.455. The molecule has 2 aliphatic rings. The second kappa shape index (κ2) is 7.58. The maximum absolute atomic E-state index is 12.5. The molecule has 2 saturated heterocycles. The molecule has 0 saturated carbocycles. The molecule has 2 aromatic rings. The predicted molar refractivity (Wildman–Crippen MR) is 103 cm³/mol. The minimum atomic E-state index is 0.156. The second-order valence-electron chi connectivity index (χ2n) is 7.83. The zero-order valence-corrected chi connectivity index (χ0v) is 15.3. The smallest absolute Gasteiger partial charge is 0.254 e. The first kappa shape index (κ1) is 17.2. The van der Waals surface area contributed by atoms with Gasteiger partial charge in [0.25, 0.3) is 5.91 Å². The van der Waals surface area contributed by atoms with E-state index >= 15 is 0 Å². The second-order valence-corrected chi connectivity index (χ2v) is 7.83. The number of carbonyl (C=O) groups is 1. The van der Waals surface area contributed by atoms with Gasteiger partial charge in [-0.2, -0.15) is 0 Å². The number of likely N-dealkylation sites (tertiary alicyclic amines) is 2. The fourth-order valence-corrected chi connectivity index (χ4v) is 4.30. The summed E-state index contributed by atoms with van der Waals surface area (Å²) in [4.78, 5) is 21.1. The number of hydrogen-bond donors (Lipinski definition) is 0. The third-order valence-corrected chi connectivity index (χ3v) is 5.97. The minimum Gasteiger partial charge on any atom is -0.337 e. The normalized spacial score (nSPS) is 19.3. The standard InChI is InChI=1S/C22H27N3O/c26-21(20-8-12-23-13-9-20)25-17-22(18-25)10-15-24(16-11-22)14-4-7-19-5-2-1-3-6-19/h1-3,5-6,8-9,12-13H,4,7,10-11,14-18H2. The van der Waals surface area contributed by atoms with Crippen molar-refractivity contribution in [2.75, 3.05) is 32.7 Å². The molecule has 0 bridgehead atoms. The van der Waals surface area contributed by atoms with Crippen LogP contribution in [0.25, 0.3) is 0 Å². The van der Waals surface area contributed by atoms with Gasteiger partial charge < -0.3 is 9.80 Å². The third kappa shape index (κ3) is 3.80. The molecular formula is C22H27N3O. The molecule has 4 heteroatoms. The molecule has 136 valence electrons. The molecule has 1 amide bonds. The van der Waals surface area contributed by atoms with E-state index in [4.69, 9.17) is 0 Å². The van der Waals surface area contributed by atoms with Crippen molar-refractivity contribution in [3.8, 4) is 0 Å². The quantitative estimate of drug-likeness (QED) is 0.831. The van der Waals surface area contributed by atoms with Gasteiger partial charge in [0.15, 0.2) is 0 Å². The van der Waals surface area contributed by atoms with Crippen molar-refractivity contribution in [2.45, 2.75) is 25.7 Å². The van der Waals surface area contributed by atoms with Crippen LogP contribution in [0.4, 0.5) is 0 Å². The zero-order valence-electron chi connectivity index (χ0n) is 15.3. The summed E-state index contributed by atoms with van der Waals surface area (Å²) in [6, 6.07) is 14.4. The van der Waals surface area contributed by atoms with Crippen LogP contribution in [-0.4, -0.2) is 53.4 Å². The van der Waals surface area contributed by atoms with E-state index in [-0.39, 0.29) is 5.91 Å². The highest BCUT2D eigenvalue weighted by molar-refractivity contribution is 5.94. The molecule has 1 spiro atoms.